The fourth-order valence-electron chi connectivity index (χ4n) is 2.55. The van der Waals surface area contributed by atoms with Crippen LogP contribution in [0.2, 0.25) is 0 Å². The number of amides is 2. The number of carbonyl (C=O) groups is 2. The normalized spacial score (nSPS) is 18.1. The zero-order valence-electron chi connectivity index (χ0n) is 12.1. The molecule has 0 aromatic heterocycles. The number of carbonyl (C=O) groups excluding carboxylic acids is 2. The first kappa shape index (κ1) is 16.9. The van der Waals surface area contributed by atoms with E-state index in [-0.39, 0.29) is 17.7 Å². The van der Waals surface area contributed by atoms with Crippen LogP contribution in [0.15, 0.2) is 22.7 Å². The van der Waals surface area contributed by atoms with E-state index in [9.17, 15) is 14.0 Å². The zero-order valence-corrected chi connectivity index (χ0v) is 13.7. The summed E-state index contributed by atoms with van der Waals surface area (Å²) in [5, 5.41) is 2.76. The fraction of sp³-hybridized carbons (Fsp3) is 0.467. The van der Waals surface area contributed by atoms with Crippen molar-refractivity contribution in [2.24, 2.45) is 11.7 Å². The van der Waals surface area contributed by atoms with Gasteiger partial charge in [-0.25, -0.2) is 4.39 Å². The van der Waals surface area contributed by atoms with Gasteiger partial charge < -0.3 is 16.0 Å². The Kier molecular flexibility index (Phi) is 5.90. The number of likely N-dealkylation sites (tertiary alicyclic amines) is 1. The number of benzene rings is 1. The van der Waals surface area contributed by atoms with E-state index < -0.39 is 5.82 Å². The molecular formula is C15H19BrFN3O2. The van der Waals surface area contributed by atoms with Gasteiger partial charge in [-0.1, -0.05) is 0 Å². The molecule has 1 fully saturated rings. The number of nitrogens with two attached hydrogens (primary N) is 1. The topological polar surface area (TPSA) is 75.4 Å². The largest absolute Gasteiger partial charge is 0.355 e. The maximum Gasteiger partial charge on any atom is 0.255 e. The lowest BCUT2D eigenvalue weighted by Gasteiger charge is -2.32. The van der Waals surface area contributed by atoms with Gasteiger partial charge in [0.25, 0.3) is 5.91 Å². The molecule has 1 atom stereocenters. The summed E-state index contributed by atoms with van der Waals surface area (Å²) in [6.45, 7) is 1.80. The summed E-state index contributed by atoms with van der Waals surface area (Å²) in [6.07, 6.45) is 1.52. The van der Waals surface area contributed by atoms with Crippen LogP contribution in [0.1, 0.15) is 23.2 Å². The van der Waals surface area contributed by atoms with Gasteiger partial charge in [0.05, 0.1) is 11.5 Å². The summed E-state index contributed by atoms with van der Waals surface area (Å²) in [4.78, 5) is 26.2. The minimum Gasteiger partial charge on any atom is -0.355 e. The lowest BCUT2D eigenvalue weighted by molar-refractivity contribution is -0.126. The van der Waals surface area contributed by atoms with Gasteiger partial charge in [-0.05, 0) is 47.0 Å². The number of nitrogens with one attached hydrogen (secondary N) is 1. The Labute approximate surface area is 137 Å². The van der Waals surface area contributed by atoms with Crippen molar-refractivity contribution < 1.29 is 14.0 Å². The van der Waals surface area contributed by atoms with Crippen LogP contribution in [0.5, 0.6) is 0 Å². The predicted molar refractivity (Wildman–Crippen MR) is 84.8 cm³/mol. The summed E-state index contributed by atoms with van der Waals surface area (Å²) in [7, 11) is 0. The molecule has 7 heteroatoms. The third-order valence-electron chi connectivity index (χ3n) is 3.68. The highest BCUT2D eigenvalue weighted by atomic mass is 79.9. The van der Waals surface area contributed by atoms with Crippen molar-refractivity contribution in [3.05, 3.63) is 34.1 Å². The minimum absolute atomic E-state index is 0.0684. The monoisotopic (exact) mass is 371 g/mol. The Balaban J connectivity index is 2.05. The van der Waals surface area contributed by atoms with E-state index in [1.54, 1.807) is 4.90 Å². The molecule has 22 heavy (non-hydrogen) atoms. The molecule has 1 saturated heterocycles. The molecule has 1 aliphatic rings. The fourth-order valence-corrected chi connectivity index (χ4v) is 3.07. The lowest BCUT2D eigenvalue weighted by atomic mass is 9.96. The van der Waals surface area contributed by atoms with E-state index >= 15 is 0 Å². The van der Waals surface area contributed by atoms with Gasteiger partial charge in [0.15, 0.2) is 0 Å². The maximum absolute atomic E-state index is 13.1. The van der Waals surface area contributed by atoms with E-state index in [0.717, 1.165) is 12.8 Å². The first-order valence-corrected chi connectivity index (χ1v) is 8.04. The first-order valence-electron chi connectivity index (χ1n) is 7.25. The Hall–Kier alpha value is -1.47. The lowest BCUT2D eigenvalue weighted by Crippen LogP contribution is -2.46. The molecule has 0 bridgehead atoms. The Morgan fingerprint density at radius 3 is 2.91 bits per heavy atom. The molecule has 2 amide bonds. The molecule has 0 saturated carbocycles. The van der Waals surface area contributed by atoms with Gasteiger partial charge in [-0.2, -0.15) is 0 Å². The maximum atomic E-state index is 13.1. The molecule has 0 radical (unpaired) electrons. The molecule has 1 heterocycles. The van der Waals surface area contributed by atoms with Gasteiger partial charge in [0.1, 0.15) is 5.82 Å². The van der Waals surface area contributed by atoms with Crippen LogP contribution in [-0.4, -0.2) is 42.9 Å². The quantitative estimate of drug-likeness (QED) is 0.842. The second-order valence-electron chi connectivity index (χ2n) is 5.29. The van der Waals surface area contributed by atoms with Crippen molar-refractivity contribution in [2.45, 2.75) is 12.8 Å². The highest BCUT2D eigenvalue weighted by Gasteiger charge is 2.29. The third-order valence-corrected chi connectivity index (χ3v) is 4.34. The number of halogens is 2. The Morgan fingerprint density at radius 2 is 2.23 bits per heavy atom. The van der Waals surface area contributed by atoms with E-state index in [1.165, 1.54) is 18.2 Å². The van der Waals surface area contributed by atoms with Crippen molar-refractivity contribution in [3.63, 3.8) is 0 Å². The molecule has 5 nitrogen and oxygen atoms in total. The number of hydrogen-bond donors (Lipinski definition) is 2. The third kappa shape index (κ3) is 4.04. The standard InChI is InChI=1S/C15H19BrFN3O2/c16-13-8-11(17)3-4-12(13)15(22)20-7-1-2-10(9-20)14(21)19-6-5-18/h3-4,8,10H,1-2,5-7,9,18H2,(H,19,21). The summed E-state index contributed by atoms with van der Waals surface area (Å²) >= 11 is 3.21. The number of hydrogen-bond acceptors (Lipinski definition) is 3. The van der Waals surface area contributed by atoms with Gasteiger partial charge in [0.2, 0.25) is 5.91 Å². The van der Waals surface area contributed by atoms with Crippen molar-refractivity contribution in [3.8, 4) is 0 Å². The number of piperidine rings is 1. The minimum atomic E-state index is -0.402. The average molecular weight is 372 g/mol. The van der Waals surface area contributed by atoms with Gasteiger partial charge in [-0.3, -0.25) is 9.59 Å². The summed E-state index contributed by atoms with van der Waals surface area (Å²) < 4.78 is 13.5. The van der Waals surface area contributed by atoms with Crippen LogP contribution >= 0.6 is 15.9 Å². The van der Waals surface area contributed by atoms with Gasteiger partial charge >= 0.3 is 0 Å². The SMILES string of the molecule is NCCNC(=O)C1CCCN(C(=O)c2ccc(F)cc2Br)C1. The molecule has 1 aliphatic heterocycles. The van der Waals surface area contributed by atoms with E-state index in [0.29, 0.717) is 36.2 Å². The van der Waals surface area contributed by atoms with E-state index in [4.69, 9.17) is 5.73 Å². The number of rotatable bonds is 4. The van der Waals surface area contributed by atoms with Gasteiger partial charge in [-0.15, -0.1) is 0 Å². The van der Waals surface area contributed by atoms with E-state index in [1.807, 2.05) is 0 Å². The molecule has 2 rings (SSSR count). The second kappa shape index (κ2) is 7.69. The molecule has 3 N–H and O–H groups in total. The van der Waals surface area contributed by atoms with Gasteiger partial charge in [0, 0.05) is 30.7 Å². The second-order valence-corrected chi connectivity index (χ2v) is 6.15. The van der Waals surface area contributed by atoms with Crippen LogP contribution < -0.4 is 11.1 Å². The predicted octanol–water partition coefficient (Wildman–Crippen LogP) is 1.52. The van der Waals surface area contributed by atoms with Crippen LogP contribution in [0.3, 0.4) is 0 Å². The van der Waals surface area contributed by atoms with Crippen molar-refractivity contribution in [2.75, 3.05) is 26.2 Å². The first-order chi connectivity index (χ1) is 10.5. The smallest absolute Gasteiger partial charge is 0.255 e. The molecule has 1 aromatic rings. The molecule has 1 unspecified atom stereocenters. The molecule has 0 aliphatic carbocycles. The molecular weight excluding hydrogens is 353 g/mol. The summed E-state index contributed by atoms with van der Waals surface area (Å²) in [6, 6.07) is 3.98. The highest BCUT2D eigenvalue weighted by molar-refractivity contribution is 9.10. The number of nitrogens with zero attached hydrogens (tertiary/aromatic N) is 1. The summed E-state index contributed by atoms with van der Waals surface area (Å²) in [5.74, 6) is -0.881. The summed E-state index contributed by atoms with van der Waals surface area (Å²) in [5.41, 5.74) is 5.78. The van der Waals surface area contributed by atoms with Crippen molar-refractivity contribution in [1.82, 2.24) is 10.2 Å². The highest BCUT2D eigenvalue weighted by Crippen LogP contribution is 2.23. The van der Waals surface area contributed by atoms with Crippen LogP contribution in [0, 0.1) is 11.7 Å². The Morgan fingerprint density at radius 1 is 1.45 bits per heavy atom. The Bertz CT molecular complexity index is 568. The van der Waals surface area contributed by atoms with Crippen LogP contribution in [0.4, 0.5) is 4.39 Å². The average Bonchev–Trinajstić information content (AvgIpc) is 2.52. The van der Waals surface area contributed by atoms with Crippen molar-refractivity contribution >= 4 is 27.7 Å². The molecule has 1 aromatic carbocycles. The molecule has 120 valence electrons. The zero-order chi connectivity index (χ0) is 16.1. The molecule has 0 spiro atoms. The van der Waals surface area contributed by atoms with Crippen LogP contribution in [-0.2, 0) is 4.79 Å². The van der Waals surface area contributed by atoms with E-state index in [2.05, 4.69) is 21.2 Å². The van der Waals surface area contributed by atoms with Crippen molar-refractivity contribution in [1.29, 1.82) is 0 Å². The van der Waals surface area contributed by atoms with Crippen LogP contribution in [0.25, 0.3) is 0 Å².